The second-order valence-corrected chi connectivity index (χ2v) is 5.85. The van der Waals surface area contributed by atoms with Crippen LogP contribution < -0.4 is 20.7 Å². The van der Waals surface area contributed by atoms with E-state index in [0.29, 0.717) is 34.3 Å². The predicted molar refractivity (Wildman–Crippen MR) is 109 cm³/mol. The Kier molecular flexibility index (Phi) is 5.59. The summed E-state index contributed by atoms with van der Waals surface area (Å²) in [6.45, 7) is 0. The van der Waals surface area contributed by atoms with E-state index in [0.717, 1.165) is 5.69 Å². The van der Waals surface area contributed by atoms with Gasteiger partial charge in [-0.1, -0.05) is 24.3 Å². The molecule has 0 saturated carbocycles. The average Bonchev–Trinajstić information content (AvgIpc) is 2.74. The number of hydrogen-bond acceptors (Lipinski definition) is 8. The van der Waals surface area contributed by atoms with Gasteiger partial charge in [0, 0.05) is 7.05 Å². The Morgan fingerprint density at radius 1 is 1.07 bits per heavy atom. The van der Waals surface area contributed by atoms with Gasteiger partial charge in [0.05, 0.1) is 31.2 Å². The van der Waals surface area contributed by atoms with Gasteiger partial charge in [0.2, 0.25) is 0 Å². The van der Waals surface area contributed by atoms with Crippen molar-refractivity contribution >= 4 is 34.7 Å². The zero-order valence-electron chi connectivity index (χ0n) is 15.8. The van der Waals surface area contributed by atoms with Gasteiger partial charge < -0.3 is 25.4 Å². The van der Waals surface area contributed by atoms with Gasteiger partial charge in [-0.25, -0.2) is 14.8 Å². The number of aromatic nitrogens is 2. The maximum Gasteiger partial charge on any atom is 0.339 e. The monoisotopic (exact) mass is 379 g/mol. The molecule has 0 atom stereocenters. The Labute approximate surface area is 162 Å². The van der Waals surface area contributed by atoms with E-state index >= 15 is 0 Å². The third kappa shape index (κ3) is 3.66. The van der Waals surface area contributed by atoms with Crippen molar-refractivity contribution < 1.29 is 14.3 Å². The molecule has 1 aromatic heterocycles. The van der Waals surface area contributed by atoms with E-state index in [1.54, 1.807) is 37.3 Å². The highest BCUT2D eigenvalue weighted by Crippen LogP contribution is 2.35. The van der Waals surface area contributed by atoms with E-state index in [4.69, 9.17) is 15.2 Å². The van der Waals surface area contributed by atoms with Crippen LogP contribution in [0, 0.1) is 0 Å². The first kappa shape index (κ1) is 19.0. The minimum Gasteiger partial charge on any atom is -0.495 e. The Bertz CT molecular complexity index is 993. The van der Waals surface area contributed by atoms with Gasteiger partial charge in [-0.05, 0) is 24.3 Å². The van der Waals surface area contributed by atoms with Crippen molar-refractivity contribution in [2.24, 2.45) is 0 Å². The molecule has 0 unspecified atom stereocenters. The van der Waals surface area contributed by atoms with E-state index in [-0.39, 0.29) is 0 Å². The number of nitrogens with one attached hydrogen (secondary N) is 1. The van der Waals surface area contributed by atoms with E-state index in [9.17, 15) is 4.79 Å². The van der Waals surface area contributed by atoms with Gasteiger partial charge in [-0.2, -0.15) is 0 Å². The predicted octanol–water partition coefficient (Wildman–Crippen LogP) is 3.37. The maximum atomic E-state index is 12.1. The quantitative estimate of drug-likeness (QED) is 0.629. The van der Waals surface area contributed by atoms with Crippen LogP contribution in [0.2, 0.25) is 0 Å². The van der Waals surface area contributed by atoms with Crippen LogP contribution >= 0.6 is 0 Å². The molecule has 8 heteroatoms. The van der Waals surface area contributed by atoms with Crippen molar-refractivity contribution in [3.8, 4) is 5.75 Å². The summed E-state index contributed by atoms with van der Waals surface area (Å²) in [4.78, 5) is 22.3. The lowest BCUT2D eigenvalue weighted by Crippen LogP contribution is -2.18. The molecule has 3 rings (SSSR count). The number of hydrogen-bond donors (Lipinski definition) is 2. The van der Waals surface area contributed by atoms with Crippen molar-refractivity contribution in [1.29, 1.82) is 0 Å². The molecule has 3 aromatic rings. The molecule has 1 heterocycles. The molecule has 0 fully saturated rings. The molecule has 8 nitrogen and oxygen atoms in total. The minimum absolute atomic E-state index is 0.329. The number of rotatable bonds is 6. The van der Waals surface area contributed by atoms with Crippen LogP contribution in [0.25, 0.3) is 0 Å². The molecule has 0 aliphatic rings. The van der Waals surface area contributed by atoms with Crippen LogP contribution in [0.4, 0.5) is 28.7 Å². The van der Waals surface area contributed by atoms with Crippen LogP contribution in [0.3, 0.4) is 0 Å². The molecule has 0 spiro atoms. The number of ether oxygens (including phenoxy) is 2. The number of methoxy groups -OCH3 is 2. The summed E-state index contributed by atoms with van der Waals surface area (Å²) in [7, 11) is 4.70. The Balaban J connectivity index is 1.99. The summed E-state index contributed by atoms with van der Waals surface area (Å²) in [5, 5.41) is 3.17. The summed E-state index contributed by atoms with van der Waals surface area (Å²) in [5.74, 6) is 1.09. The van der Waals surface area contributed by atoms with Gasteiger partial charge in [-0.15, -0.1) is 0 Å². The second-order valence-electron chi connectivity index (χ2n) is 5.85. The van der Waals surface area contributed by atoms with Crippen molar-refractivity contribution in [1.82, 2.24) is 9.97 Å². The van der Waals surface area contributed by atoms with Crippen molar-refractivity contribution in [3.05, 3.63) is 60.4 Å². The lowest BCUT2D eigenvalue weighted by molar-refractivity contribution is 0.0601. The molecule has 0 amide bonds. The second kappa shape index (κ2) is 8.26. The van der Waals surface area contributed by atoms with Crippen LogP contribution in [-0.2, 0) is 4.74 Å². The summed E-state index contributed by atoms with van der Waals surface area (Å²) in [6, 6.07) is 14.5. The number of carbonyl (C=O) groups is 1. The maximum absolute atomic E-state index is 12.1. The molecule has 2 aromatic carbocycles. The molecule has 0 aliphatic heterocycles. The summed E-state index contributed by atoms with van der Waals surface area (Å²) in [6.07, 6.45) is 1.40. The number of esters is 1. The standard InChI is InChI=1S/C20H21N5O3/c1-25(15-10-6-4-8-13(15)20(26)28-3)19-17(21)18(22-12-23-19)24-14-9-5-7-11-16(14)27-2/h4-12H,21H2,1-3H3,(H,22,23,24). The number of para-hydroxylation sites is 3. The van der Waals surface area contributed by atoms with Crippen LogP contribution in [0.5, 0.6) is 5.75 Å². The summed E-state index contributed by atoms with van der Waals surface area (Å²) in [5.41, 5.74) is 8.41. The topological polar surface area (TPSA) is 103 Å². The fourth-order valence-electron chi connectivity index (χ4n) is 2.79. The van der Waals surface area contributed by atoms with Gasteiger partial charge in [0.15, 0.2) is 11.6 Å². The molecule has 0 radical (unpaired) electrons. The van der Waals surface area contributed by atoms with Crippen molar-refractivity contribution in [3.63, 3.8) is 0 Å². The number of nitrogens with two attached hydrogens (primary N) is 1. The highest BCUT2D eigenvalue weighted by atomic mass is 16.5. The van der Waals surface area contributed by atoms with E-state index in [1.807, 2.05) is 30.3 Å². The Morgan fingerprint density at radius 2 is 1.79 bits per heavy atom. The van der Waals surface area contributed by atoms with Crippen LogP contribution in [0.1, 0.15) is 10.4 Å². The third-order valence-electron chi connectivity index (χ3n) is 4.21. The number of nitrogens with zero attached hydrogens (tertiary/aromatic N) is 3. The fourth-order valence-corrected chi connectivity index (χ4v) is 2.79. The highest BCUT2D eigenvalue weighted by molar-refractivity contribution is 5.97. The molecule has 0 aliphatic carbocycles. The first-order chi connectivity index (χ1) is 13.6. The highest BCUT2D eigenvalue weighted by Gasteiger charge is 2.19. The van der Waals surface area contributed by atoms with Crippen LogP contribution in [0.15, 0.2) is 54.9 Å². The summed E-state index contributed by atoms with van der Waals surface area (Å²) < 4.78 is 10.2. The molecule has 3 N–H and O–H groups in total. The van der Waals surface area contributed by atoms with Gasteiger partial charge in [0.1, 0.15) is 17.8 Å². The minimum atomic E-state index is -0.442. The Morgan fingerprint density at radius 3 is 2.54 bits per heavy atom. The van der Waals surface area contributed by atoms with Crippen molar-refractivity contribution in [2.45, 2.75) is 0 Å². The van der Waals surface area contributed by atoms with Crippen molar-refractivity contribution in [2.75, 3.05) is 37.2 Å². The van der Waals surface area contributed by atoms with E-state index in [1.165, 1.54) is 13.4 Å². The number of benzene rings is 2. The molecule has 0 saturated heterocycles. The summed E-state index contributed by atoms with van der Waals surface area (Å²) >= 11 is 0. The first-order valence-electron chi connectivity index (χ1n) is 8.48. The number of nitrogen functional groups attached to an aromatic ring is 1. The molecular weight excluding hydrogens is 358 g/mol. The molecule has 0 bridgehead atoms. The largest absolute Gasteiger partial charge is 0.495 e. The van der Waals surface area contributed by atoms with Gasteiger partial charge >= 0.3 is 5.97 Å². The molecular formula is C20H21N5O3. The van der Waals surface area contributed by atoms with E-state index in [2.05, 4.69) is 15.3 Å². The normalized spacial score (nSPS) is 10.2. The van der Waals surface area contributed by atoms with E-state index < -0.39 is 5.97 Å². The Hall–Kier alpha value is -3.81. The molecule has 144 valence electrons. The SMILES string of the molecule is COC(=O)c1ccccc1N(C)c1ncnc(Nc2ccccc2OC)c1N. The zero-order valence-corrected chi connectivity index (χ0v) is 15.8. The fraction of sp³-hybridized carbons (Fsp3) is 0.150. The lowest BCUT2D eigenvalue weighted by atomic mass is 10.1. The van der Waals surface area contributed by atoms with Gasteiger partial charge in [-0.3, -0.25) is 0 Å². The first-order valence-corrected chi connectivity index (χ1v) is 8.48. The lowest BCUT2D eigenvalue weighted by Gasteiger charge is -2.23. The third-order valence-corrected chi connectivity index (χ3v) is 4.21. The average molecular weight is 379 g/mol. The smallest absolute Gasteiger partial charge is 0.339 e. The zero-order chi connectivity index (χ0) is 20.1. The number of carbonyl (C=O) groups excluding carboxylic acids is 1. The number of anilines is 5. The van der Waals surface area contributed by atoms with Gasteiger partial charge in [0.25, 0.3) is 0 Å². The van der Waals surface area contributed by atoms with Crippen LogP contribution in [-0.4, -0.2) is 37.2 Å². The molecule has 28 heavy (non-hydrogen) atoms.